The number of hydrogen-bond donors (Lipinski definition) is 1. The van der Waals surface area contributed by atoms with E-state index < -0.39 is 17.2 Å². The van der Waals surface area contributed by atoms with Crippen LogP contribution in [0.1, 0.15) is 19.4 Å². The Morgan fingerprint density at radius 2 is 1.83 bits per heavy atom. The minimum atomic E-state index is -0.706. The molecule has 18 heavy (non-hydrogen) atoms. The molecular formula is C13H18F2N2O. The van der Waals surface area contributed by atoms with E-state index in [9.17, 15) is 13.6 Å². The number of carbonyl (C=O) groups is 1. The molecule has 0 bridgehead atoms. The molecule has 0 saturated carbocycles. The van der Waals surface area contributed by atoms with Gasteiger partial charge in [0.2, 0.25) is 5.91 Å². The van der Waals surface area contributed by atoms with E-state index >= 15 is 0 Å². The number of nitrogens with zero attached hydrogens (tertiary/aromatic N) is 1. The molecular weight excluding hydrogens is 238 g/mol. The van der Waals surface area contributed by atoms with Crippen molar-refractivity contribution in [2.24, 2.45) is 5.73 Å². The van der Waals surface area contributed by atoms with Crippen molar-refractivity contribution in [2.45, 2.75) is 25.8 Å². The Kier molecular flexibility index (Phi) is 4.40. The molecule has 1 aromatic carbocycles. The highest BCUT2D eigenvalue weighted by Crippen LogP contribution is 2.16. The van der Waals surface area contributed by atoms with Crippen LogP contribution in [0.25, 0.3) is 0 Å². The summed E-state index contributed by atoms with van der Waals surface area (Å²) in [5.41, 5.74) is 4.81. The zero-order valence-electron chi connectivity index (χ0n) is 10.8. The zero-order chi connectivity index (χ0) is 13.9. The normalized spacial score (nSPS) is 11.4. The van der Waals surface area contributed by atoms with Gasteiger partial charge in [-0.3, -0.25) is 4.79 Å². The fourth-order valence-electron chi connectivity index (χ4n) is 1.45. The molecule has 0 unspecified atom stereocenters. The first-order chi connectivity index (χ1) is 8.29. The topological polar surface area (TPSA) is 46.3 Å². The molecule has 0 aliphatic carbocycles. The van der Waals surface area contributed by atoms with Crippen LogP contribution in [-0.2, 0) is 11.2 Å². The number of carbonyl (C=O) groups excluding carboxylic acids is 1. The van der Waals surface area contributed by atoms with Gasteiger partial charge in [0.05, 0.1) is 6.42 Å². The Balaban J connectivity index is 2.89. The van der Waals surface area contributed by atoms with Gasteiger partial charge >= 0.3 is 0 Å². The lowest BCUT2D eigenvalue weighted by atomic mass is 10.0. The second-order valence-electron chi connectivity index (χ2n) is 4.85. The maximum atomic E-state index is 13.4. The van der Waals surface area contributed by atoms with E-state index in [-0.39, 0.29) is 24.4 Å². The van der Waals surface area contributed by atoms with Crippen molar-refractivity contribution in [3.63, 3.8) is 0 Å². The van der Waals surface area contributed by atoms with Crippen molar-refractivity contribution < 1.29 is 13.6 Å². The van der Waals surface area contributed by atoms with Crippen molar-refractivity contribution in [3.05, 3.63) is 35.4 Å². The Labute approximate surface area is 106 Å². The predicted octanol–water partition coefficient (Wildman–Crippen LogP) is 1.70. The second kappa shape index (κ2) is 5.44. The summed E-state index contributed by atoms with van der Waals surface area (Å²) in [6.45, 7) is 3.86. The average molecular weight is 256 g/mol. The summed E-state index contributed by atoms with van der Waals surface area (Å²) in [6.07, 6.45) is -0.307. The summed E-state index contributed by atoms with van der Waals surface area (Å²) in [6, 6.07) is 3.55. The quantitative estimate of drug-likeness (QED) is 0.891. The van der Waals surface area contributed by atoms with Gasteiger partial charge in [-0.25, -0.2) is 8.78 Å². The van der Waals surface area contributed by atoms with Crippen LogP contribution in [-0.4, -0.2) is 29.9 Å². The highest BCUT2D eigenvalue weighted by molar-refractivity contribution is 5.79. The van der Waals surface area contributed by atoms with Crippen molar-refractivity contribution in [1.29, 1.82) is 0 Å². The molecule has 0 aliphatic heterocycles. The minimum absolute atomic E-state index is 0.206. The predicted molar refractivity (Wildman–Crippen MR) is 66.0 cm³/mol. The Morgan fingerprint density at radius 1 is 1.33 bits per heavy atom. The summed E-state index contributed by atoms with van der Waals surface area (Å²) in [7, 11) is 1.58. The Hall–Kier alpha value is -1.49. The molecule has 3 nitrogen and oxygen atoms in total. The summed E-state index contributed by atoms with van der Waals surface area (Å²) in [4.78, 5) is 13.4. The lowest BCUT2D eigenvalue weighted by Crippen LogP contribution is -2.50. The summed E-state index contributed by atoms with van der Waals surface area (Å²) in [5, 5.41) is 0. The number of benzene rings is 1. The van der Waals surface area contributed by atoms with E-state index in [4.69, 9.17) is 5.73 Å². The molecule has 2 N–H and O–H groups in total. The number of likely N-dealkylation sites (N-methyl/N-ethyl adjacent to an activating group) is 1. The van der Waals surface area contributed by atoms with Crippen LogP contribution in [0.3, 0.4) is 0 Å². The molecule has 1 amide bonds. The van der Waals surface area contributed by atoms with Crippen LogP contribution in [0.2, 0.25) is 0 Å². The van der Waals surface area contributed by atoms with Gasteiger partial charge in [-0.15, -0.1) is 0 Å². The fraction of sp³-hybridized carbons (Fsp3) is 0.462. The first-order valence-electron chi connectivity index (χ1n) is 5.69. The maximum Gasteiger partial charge on any atom is 0.227 e. The third-order valence-corrected chi connectivity index (χ3v) is 3.17. The lowest BCUT2D eigenvalue weighted by molar-refractivity contribution is -0.133. The van der Waals surface area contributed by atoms with Crippen LogP contribution >= 0.6 is 0 Å². The number of hydrogen-bond acceptors (Lipinski definition) is 2. The third-order valence-electron chi connectivity index (χ3n) is 3.17. The first kappa shape index (κ1) is 14.6. The van der Waals surface area contributed by atoms with Crippen molar-refractivity contribution in [1.82, 2.24) is 4.90 Å². The van der Waals surface area contributed by atoms with E-state index in [1.165, 1.54) is 11.0 Å². The number of rotatable bonds is 4. The van der Waals surface area contributed by atoms with E-state index in [1.807, 2.05) is 0 Å². The van der Waals surface area contributed by atoms with Gasteiger partial charge < -0.3 is 10.6 Å². The molecule has 5 heteroatoms. The molecule has 0 aliphatic rings. The highest BCUT2D eigenvalue weighted by atomic mass is 19.1. The first-order valence-corrected chi connectivity index (χ1v) is 5.69. The molecule has 0 aromatic heterocycles. The molecule has 1 aromatic rings. The van der Waals surface area contributed by atoms with Gasteiger partial charge in [0.25, 0.3) is 0 Å². The van der Waals surface area contributed by atoms with Crippen LogP contribution in [0, 0.1) is 11.6 Å². The number of amides is 1. The number of halogens is 2. The zero-order valence-corrected chi connectivity index (χ0v) is 10.8. The maximum absolute atomic E-state index is 13.4. The largest absolute Gasteiger partial charge is 0.339 e. The summed E-state index contributed by atoms with van der Waals surface area (Å²) >= 11 is 0. The number of nitrogens with two attached hydrogens (primary N) is 1. The van der Waals surface area contributed by atoms with Crippen molar-refractivity contribution >= 4 is 5.91 Å². The van der Waals surface area contributed by atoms with E-state index in [2.05, 4.69) is 0 Å². The third kappa shape index (κ3) is 3.04. The van der Waals surface area contributed by atoms with Crippen LogP contribution in [0.15, 0.2) is 18.2 Å². The standard InChI is InChI=1S/C13H18F2N2O/c1-13(2,8-16)17(3)12(18)7-9-10(14)5-4-6-11(9)15/h4-6H,7-8,16H2,1-3H3. The van der Waals surface area contributed by atoms with Gasteiger partial charge in [-0.2, -0.15) is 0 Å². The molecule has 0 radical (unpaired) electrons. The van der Waals surface area contributed by atoms with Crippen LogP contribution < -0.4 is 5.73 Å². The minimum Gasteiger partial charge on any atom is -0.339 e. The van der Waals surface area contributed by atoms with Gasteiger partial charge in [-0.05, 0) is 26.0 Å². The Bertz CT molecular complexity index is 426. The summed E-state index contributed by atoms with van der Waals surface area (Å²) in [5.74, 6) is -1.78. The second-order valence-corrected chi connectivity index (χ2v) is 4.85. The van der Waals surface area contributed by atoms with Gasteiger partial charge in [0, 0.05) is 24.7 Å². The summed E-state index contributed by atoms with van der Waals surface area (Å²) < 4.78 is 26.8. The van der Waals surface area contributed by atoms with E-state index in [0.717, 1.165) is 12.1 Å². The molecule has 0 spiro atoms. The van der Waals surface area contributed by atoms with E-state index in [0.29, 0.717) is 0 Å². The molecule has 100 valence electrons. The fourth-order valence-corrected chi connectivity index (χ4v) is 1.45. The van der Waals surface area contributed by atoms with E-state index in [1.54, 1.807) is 20.9 Å². The van der Waals surface area contributed by atoms with Gasteiger partial charge in [0.1, 0.15) is 11.6 Å². The molecule has 0 atom stereocenters. The Morgan fingerprint density at radius 3 is 2.28 bits per heavy atom. The highest BCUT2D eigenvalue weighted by Gasteiger charge is 2.27. The monoisotopic (exact) mass is 256 g/mol. The lowest BCUT2D eigenvalue weighted by Gasteiger charge is -2.34. The van der Waals surface area contributed by atoms with Crippen molar-refractivity contribution in [2.75, 3.05) is 13.6 Å². The van der Waals surface area contributed by atoms with Crippen LogP contribution in [0.5, 0.6) is 0 Å². The SMILES string of the molecule is CN(C(=O)Cc1c(F)cccc1F)C(C)(C)CN. The van der Waals surface area contributed by atoms with Gasteiger partial charge in [0.15, 0.2) is 0 Å². The molecule has 0 saturated heterocycles. The van der Waals surface area contributed by atoms with Crippen molar-refractivity contribution in [3.8, 4) is 0 Å². The van der Waals surface area contributed by atoms with Crippen LogP contribution in [0.4, 0.5) is 8.78 Å². The smallest absolute Gasteiger partial charge is 0.227 e. The molecule has 0 fully saturated rings. The average Bonchev–Trinajstić information content (AvgIpc) is 2.32. The molecule has 0 heterocycles. The molecule has 1 rings (SSSR count). The van der Waals surface area contributed by atoms with Gasteiger partial charge in [-0.1, -0.05) is 6.07 Å².